The molecule has 1 aromatic carbocycles. The fourth-order valence-electron chi connectivity index (χ4n) is 3.66. The summed E-state index contributed by atoms with van der Waals surface area (Å²) in [5.74, 6) is 1.87. The van der Waals surface area contributed by atoms with Gasteiger partial charge in [-0.25, -0.2) is 0 Å². The summed E-state index contributed by atoms with van der Waals surface area (Å²) < 4.78 is 0. The molecule has 2 N–H and O–H groups in total. The minimum absolute atomic E-state index is 0.0208. The number of amides is 1. The lowest BCUT2D eigenvalue weighted by Gasteiger charge is -2.26. The number of rotatable bonds is 4. The molecule has 0 spiro atoms. The van der Waals surface area contributed by atoms with Crippen LogP contribution in [0.2, 0.25) is 0 Å². The van der Waals surface area contributed by atoms with Crippen molar-refractivity contribution in [2.75, 3.05) is 18.4 Å². The van der Waals surface area contributed by atoms with Crippen molar-refractivity contribution in [3.63, 3.8) is 0 Å². The molecule has 1 atom stereocenters. The summed E-state index contributed by atoms with van der Waals surface area (Å²) in [6.07, 6.45) is 6.53. The summed E-state index contributed by atoms with van der Waals surface area (Å²) >= 11 is 0. The molecule has 3 nitrogen and oxygen atoms in total. The van der Waals surface area contributed by atoms with E-state index in [1.54, 1.807) is 0 Å². The van der Waals surface area contributed by atoms with E-state index in [0.29, 0.717) is 0 Å². The van der Waals surface area contributed by atoms with Gasteiger partial charge in [-0.3, -0.25) is 4.79 Å². The Kier molecular flexibility index (Phi) is 4.47. The molecule has 0 radical (unpaired) electrons. The number of carbonyl (C=O) groups is 1. The van der Waals surface area contributed by atoms with Gasteiger partial charge in [0.1, 0.15) is 0 Å². The number of nitrogens with one attached hydrogen (secondary N) is 2. The first-order chi connectivity index (χ1) is 10.2. The molecule has 3 rings (SSSR count). The van der Waals surface area contributed by atoms with Crippen molar-refractivity contribution in [2.24, 2.45) is 11.8 Å². The van der Waals surface area contributed by atoms with E-state index < -0.39 is 0 Å². The van der Waals surface area contributed by atoms with E-state index in [0.717, 1.165) is 42.6 Å². The Morgan fingerprint density at radius 2 is 2.00 bits per heavy atom. The van der Waals surface area contributed by atoms with Crippen molar-refractivity contribution >= 4 is 11.6 Å². The van der Waals surface area contributed by atoms with Crippen molar-refractivity contribution in [2.45, 2.75) is 44.9 Å². The highest BCUT2D eigenvalue weighted by Crippen LogP contribution is 2.32. The number of para-hydroxylation sites is 1. The van der Waals surface area contributed by atoms with Crippen LogP contribution in [-0.2, 0) is 4.79 Å². The quantitative estimate of drug-likeness (QED) is 0.889. The molecular weight excluding hydrogens is 260 g/mol. The van der Waals surface area contributed by atoms with Gasteiger partial charge in [-0.05, 0) is 29.9 Å². The van der Waals surface area contributed by atoms with E-state index in [1.165, 1.54) is 25.7 Å². The minimum Gasteiger partial charge on any atom is -0.384 e. The zero-order chi connectivity index (χ0) is 14.7. The molecule has 1 amide bonds. The first-order valence-corrected chi connectivity index (χ1v) is 8.34. The number of anilines is 1. The van der Waals surface area contributed by atoms with Gasteiger partial charge in [-0.1, -0.05) is 50.8 Å². The lowest BCUT2D eigenvalue weighted by atomic mass is 9.81. The van der Waals surface area contributed by atoms with Gasteiger partial charge in [0.2, 0.25) is 5.91 Å². The molecule has 114 valence electrons. The second kappa shape index (κ2) is 6.50. The fraction of sp³-hybridized carbons (Fsp3) is 0.611. The maximum Gasteiger partial charge on any atom is 0.229 e. The highest BCUT2D eigenvalue weighted by Gasteiger charge is 2.28. The summed E-state index contributed by atoms with van der Waals surface area (Å²) in [7, 11) is 0. The highest BCUT2D eigenvalue weighted by atomic mass is 16.1. The standard InChI is InChI=1S/C18H26N2O/c1-13-6-8-14(9-7-13)10-11-19-18(21)16-12-20-17-5-3-2-4-15(16)17/h2-5,13-14,16,20H,6-12H2,1H3,(H,19,21). The largest absolute Gasteiger partial charge is 0.384 e. The maximum atomic E-state index is 12.4. The van der Waals surface area contributed by atoms with Crippen molar-refractivity contribution in [3.05, 3.63) is 29.8 Å². The summed E-state index contributed by atoms with van der Waals surface area (Å²) in [5, 5.41) is 6.46. The van der Waals surface area contributed by atoms with Crippen molar-refractivity contribution < 1.29 is 4.79 Å². The number of hydrogen-bond donors (Lipinski definition) is 2. The van der Waals surface area contributed by atoms with Gasteiger partial charge in [-0.2, -0.15) is 0 Å². The van der Waals surface area contributed by atoms with Crippen molar-refractivity contribution in [1.29, 1.82) is 0 Å². The normalized spacial score (nSPS) is 27.8. The monoisotopic (exact) mass is 286 g/mol. The first kappa shape index (κ1) is 14.4. The van der Waals surface area contributed by atoms with E-state index in [9.17, 15) is 4.79 Å². The molecule has 1 saturated carbocycles. The average molecular weight is 286 g/mol. The van der Waals surface area contributed by atoms with Crippen LogP contribution >= 0.6 is 0 Å². The molecule has 0 saturated heterocycles. The Balaban J connectivity index is 1.45. The summed E-state index contributed by atoms with van der Waals surface area (Å²) in [5.41, 5.74) is 2.25. The molecule has 1 aliphatic heterocycles. The third-order valence-corrected chi connectivity index (χ3v) is 5.14. The van der Waals surface area contributed by atoms with E-state index in [1.807, 2.05) is 18.2 Å². The minimum atomic E-state index is -0.0208. The Morgan fingerprint density at radius 3 is 2.81 bits per heavy atom. The van der Waals surface area contributed by atoms with Crippen LogP contribution < -0.4 is 10.6 Å². The second-order valence-corrected chi connectivity index (χ2v) is 6.73. The molecule has 2 aliphatic rings. The number of carbonyl (C=O) groups excluding carboxylic acids is 1. The van der Waals surface area contributed by atoms with Gasteiger partial charge in [0.05, 0.1) is 5.92 Å². The van der Waals surface area contributed by atoms with Crippen LogP contribution in [0.25, 0.3) is 0 Å². The lowest BCUT2D eigenvalue weighted by molar-refractivity contribution is -0.122. The molecule has 1 heterocycles. The molecule has 1 fully saturated rings. The molecule has 1 aliphatic carbocycles. The molecule has 1 unspecified atom stereocenters. The fourth-order valence-corrected chi connectivity index (χ4v) is 3.66. The lowest BCUT2D eigenvalue weighted by Crippen LogP contribution is -2.32. The average Bonchev–Trinajstić information content (AvgIpc) is 2.93. The van der Waals surface area contributed by atoms with Gasteiger partial charge in [0.25, 0.3) is 0 Å². The van der Waals surface area contributed by atoms with E-state index in [-0.39, 0.29) is 11.8 Å². The Labute approximate surface area is 127 Å². The third-order valence-electron chi connectivity index (χ3n) is 5.14. The number of hydrogen-bond acceptors (Lipinski definition) is 2. The first-order valence-electron chi connectivity index (χ1n) is 8.34. The maximum absolute atomic E-state index is 12.4. The molecule has 0 bridgehead atoms. The third kappa shape index (κ3) is 3.39. The van der Waals surface area contributed by atoms with E-state index >= 15 is 0 Å². The van der Waals surface area contributed by atoms with Gasteiger partial charge < -0.3 is 10.6 Å². The molecule has 0 aromatic heterocycles. The summed E-state index contributed by atoms with van der Waals surface area (Å²) in [6.45, 7) is 3.91. The highest BCUT2D eigenvalue weighted by molar-refractivity contribution is 5.88. The van der Waals surface area contributed by atoms with Crippen LogP contribution in [0.3, 0.4) is 0 Å². The van der Waals surface area contributed by atoms with E-state index in [2.05, 4.69) is 23.6 Å². The van der Waals surface area contributed by atoms with Crippen LogP contribution in [0.5, 0.6) is 0 Å². The zero-order valence-electron chi connectivity index (χ0n) is 12.9. The van der Waals surface area contributed by atoms with Crippen LogP contribution in [0.1, 0.15) is 50.5 Å². The van der Waals surface area contributed by atoms with Crippen molar-refractivity contribution in [1.82, 2.24) is 5.32 Å². The number of benzene rings is 1. The molecule has 21 heavy (non-hydrogen) atoms. The predicted molar refractivity (Wildman–Crippen MR) is 86.4 cm³/mol. The smallest absolute Gasteiger partial charge is 0.229 e. The van der Waals surface area contributed by atoms with Gasteiger partial charge >= 0.3 is 0 Å². The van der Waals surface area contributed by atoms with E-state index in [4.69, 9.17) is 0 Å². The van der Waals surface area contributed by atoms with Crippen LogP contribution in [0.15, 0.2) is 24.3 Å². The van der Waals surface area contributed by atoms with Crippen LogP contribution in [0, 0.1) is 11.8 Å². The SMILES string of the molecule is CC1CCC(CCNC(=O)C2CNc3ccccc32)CC1. The van der Waals surface area contributed by atoms with Crippen LogP contribution in [-0.4, -0.2) is 19.0 Å². The zero-order valence-corrected chi connectivity index (χ0v) is 12.9. The second-order valence-electron chi connectivity index (χ2n) is 6.73. The summed E-state index contributed by atoms with van der Waals surface area (Å²) in [4.78, 5) is 12.4. The molecule has 3 heteroatoms. The molecular formula is C18H26N2O. The Hall–Kier alpha value is -1.51. The topological polar surface area (TPSA) is 41.1 Å². The van der Waals surface area contributed by atoms with Gasteiger partial charge in [-0.15, -0.1) is 0 Å². The van der Waals surface area contributed by atoms with Crippen LogP contribution in [0.4, 0.5) is 5.69 Å². The predicted octanol–water partition coefficient (Wildman–Crippen LogP) is 3.53. The van der Waals surface area contributed by atoms with Gasteiger partial charge in [0, 0.05) is 18.8 Å². The summed E-state index contributed by atoms with van der Waals surface area (Å²) in [6, 6.07) is 8.12. The number of fused-ring (bicyclic) bond motifs is 1. The van der Waals surface area contributed by atoms with Gasteiger partial charge in [0.15, 0.2) is 0 Å². The molecule has 1 aromatic rings. The Bertz CT molecular complexity index is 492. The Morgan fingerprint density at radius 1 is 1.24 bits per heavy atom. The van der Waals surface area contributed by atoms with Crippen molar-refractivity contribution in [3.8, 4) is 0 Å².